The van der Waals surface area contributed by atoms with E-state index in [-0.39, 0.29) is 10.5 Å². The second kappa shape index (κ2) is 9.78. The van der Waals surface area contributed by atoms with Crippen LogP contribution >= 0.6 is 11.6 Å². The van der Waals surface area contributed by atoms with Gasteiger partial charge in [0, 0.05) is 24.3 Å². The highest BCUT2D eigenvalue weighted by atomic mass is 35.5. The van der Waals surface area contributed by atoms with Gasteiger partial charge in [-0.1, -0.05) is 31.5 Å². The van der Waals surface area contributed by atoms with Gasteiger partial charge < -0.3 is 14.8 Å². The molecule has 0 aliphatic carbocycles. The first-order valence-electron chi connectivity index (χ1n) is 9.69. The number of morpholine rings is 1. The molecule has 1 aliphatic rings. The Morgan fingerprint density at radius 3 is 2.60 bits per heavy atom. The fourth-order valence-electron chi connectivity index (χ4n) is 2.89. The SMILES string of the molecule is CC(C)COc1ccc(NC(=O)c2cccc(S(=O)(=O)N3CCOCC3)c2)cc1Cl. The molecule has 1 N–H and O–H groups in total. The van der Waals surface area contributed by atoms with E-state index < -0.39 is 15.9 Å². The summed E-state index contributed by atoms with van der Waals surface area (Å²) >= 11 is 6.24. The lowest BCUT2D eigenvalue weighted by atomic mass is 10.2. The van der Waals surface area contributed by atoms with Gasteiger partial charge in [0.2, 0.25) is 10.0 Å². The molecule has 2 aromatic rings. The molecule has 9 heteroatoms. The number of nitrogens with one attached hydrogen (secondary N) is 1. The third kappa shape index (κ3) is 5.51. The Labute approximate surface area is 182 Å². The molecule has 162 valence electrons. The molecule has 30 heavy (non-hydrogen) atoms. The number of hydrogen-bond acceptors (Lipinski definition) is 5. The van der Waals surface area contributed by atoms with Crippen molar-refractivity contribution in [1.82, 2.24) is 4.31 Å². The van der Waals surface area contributed by atoms with Crippen LogP contribution < -0.4 is 10.1 Å². The van der Waals surface area contributed by atoms with Crippen LogP contribution in [0.25, 0.3) is 0 Å². The number of rotatable bonds is 7. The van der Waals surface area contributed by atoms with E-state index in [4.69, 9.17) is 21.1 Å². The smallest absolute Gasteiger partial charge is 0.255 e. The summed E-state index contributed by atoms with van der Waals surface area (Å²) in [6.07, 6.45) is 0. The highest BCUT2D eigenvalue weighted by molar-refractivity contribution is 7.89. The molecule has 2 aromatic carbocycles. The van der Waals surface area contributed by atoms with Gasteiger partial charge in [-0.2, -0.15) is 4.31 Å². The molecule has 0 atom stereocenters. The van der Waals surface area contributed by atoms with Crippen LogP contribution in [-0.2, 0) is 14.8 Å². The highest BCUT2D eigenvalue weighted by Crippen LogP contribution is 2.28. The van der Waals surface area contributed by atoms with E-state index in [2.05, 4.69) is 5.32 Å². The number of carbonyl (C=O) groups excluding carboxylic acids is 1. The number of amides is 1. The van der Waals surface area contributed by atoms with Gasteiger partial charge in [-0.25, -0.2) is 8.42 Å². The van der Waals surface area contributed by atoms with Gasteiger partial charge in [0.1, 0.15) is 5.75 Å². The van der Waals surface area contributed by atoms with Crippen LogP contribution in [0.1, 0.15) is 24.2 Å². The van der Waals surface area contributed by atoms with Crippen molar-refractivity contribution in [1.29, 1.82) is 0 Å². The Balaban J connectivity index is 1.73. The van der Waals surface area contributed by atoms with Gasteiger partial charge in [0.15, 0.2) is 0 Å². The largest absolute Gasteiger partial charge is 0.492 e. The first kappa shape index (κ1) is 22.6. The molecule has 1 amide bonds. The van der Waals surface area contributed by atoms with Gasteiger partial charge in [-0.05, 0) is 42.3 Å². The van der Waals surface area contributed by atoms with E-state index in [9.17, 15) is 13.2 Å². The molecule has 0 saturated carbocycles. The van der Waals surface area contributed by atoms with E-state index in [0.717, 1.165) is 0 Å². The van der Waals surface area contributed by atoms with E-state index in [0.29, 0.717) is 55.3 Å². The van der Waals surface area contributed by atoms with Crippen molar-refractivity contribution >= 4 is 33.2 Å². The summed E-state index contributed by atoms with van der Waals surface area (Å²) < 4.78 is 37.8. The summed E-state index contributed by atoms with van der Waals surface area (Å²) in [6.45, 7) is 5.92. The van der Waals surface area contributed by atoms with Crippen molar-refractivity contribution in [2.75, 3.05) is 38.2 Å². The van der Waals surface area contributed by atoms with Crippen molar-refractivity contribution < 1.29 is 22.7 Å². The zero-order valence-corrected chi connectivity index (χ0v) is 18.5. The van der Waals surface area contributed by atoms with Crippen molar-refractivity contribution in [2.24, 2.45) is 5.92 Å². The quantitative estimate of drug-likeness (QED) is 0.693. The zero-order chi connectivity index (χ0) is 21.7. The van der Waals surface area contributed by atoms with Crippen molar-refractivity contribution in [3.8, 4) is 5.75 Å². The fourth-order valence-corrected chi connectivity index (χ4v) is 4.58. The number of anilines is 1. The first-order chi connectivity index (χ1) is 14.3. The maximum Gasteiger partial charge on any atom is 0.255 e. The van der Waals surface area contributed by atoms with Gasteiger partial charge in [-0.15, -0.1) is 0 Å². The van der Waals surface area contributed by atoms with Crippen LogP contribution in [0.5, 0.6) is 5.75 Å². The van der Waals surface area contributed by atoms with E-state index >= 15 is 0 Å². The Hall–Kier alpha value is -2.13. The highest BCUT2D eigenvalue weighted by Gasteiger charge is 2.26. The average Bonchev–Trinajstić information content (AvgIpc) is 2.73. The summed E-state index contributed by atoms with van der Waals surface area (Å²) in [5.41, 5.74) is 0.726. The molecule has 1 saturated heterocycles. The Kier molecular flexibility index (Phi) is 7.36. The first-order valence-corrected chi connectivity index (χ1v) is 11.5. The van der Waals surface area contributed by atoms with Crippen LogP contribution in [0.15, 0.2) is 47.4 Å². The van der Waals surface area contributed by atoms with Crippen LogP contribution in [0.4, 0.5) is 5.69 Å². The topological polar surface area (TPSA) is 84.9 Å². The summed E-state index contributed by atoms with van der Waals surface area (Å²) in [4.78, 5) is 12.7. The van der Waals surface area contributed by atoms with Crippen molar-refractivity contribution in [3.05, 3.63) is 53.1 Å². The van der Waals surface area contributed by atoms with Gasteiger partial charge >= 0.3 is 0 Å². The summed E-state index contributed by atoms with van der Waals surface area (Å²) in [5.74, 6) is 0.476. The second-order valence-corrected chi connectivity index (χ2v) is 9.69. The normalized spacial score (nSPS) is 15.2. The minimum absolute atomic E-state index is 0.0764. The molecule has 0 spiro atoms. The average molecular weight is 453 g/mol. The third-order valence-electron chi connectivity index (χ3n) is 4.47. The number of sulfonamides is 1. The molecule has 7 nitrogen and oxygen atoms in total. The van der Waals surface area contributed by atoms with Crippen LogP contribution in [0.3, 0.4) is 0 Å². The maximum absolute atomic E-state index is 12.8. The summed E-state index contributed by atoms with van der Waals surface area (Å²) in [6, 6.07) is 11.0. The lowest BCUT2D eigenvalue weighted by Crippen LogP contribution is -2.40. The number of halogens is 1. The summed E-state index contributed by atoms with van der Waals surface area (Å²) in [7, 11) is -3.68. The minimum Gasteiger partial charge on any atom is -0.492 e. The fraction of sp³-hybridized carbons (Fsp3) is 0.381. The molecule has 0 radical (unpaired) electrons. The number of ether oxygens (including phenoxy) is 2. The van der Waals surface area contributed by atoms with E-state index in [1.54, 1.807) is 30.3 Å². The number of hydrogen-bond donors (Lipinski definition) is 1. The molecule has 1 fully saturated rings. The Morgan fingerprint density at radius 1 is 1.20 bits per heavy atom. The third-order valence-corrected chi connectivity index (χ3v) is 6.66. The van der Waals surface area contributed by atoms with Crippen LogP contribution in [0, 0.1) is 5.92 Å². The molecule has 0 aromatic heterocycles. The van der Waals surface area contributed by atoms with Crippen LogP contribution in [-0.4, -0.2) is 51.5 Å². The maximum atomic E-state index is 12.8. The number of nitrogens with zero attached hydrogens (tertiary/aromatic N) is 1. The molecular formula is C21H25ClN2O5S. The lowest BCUT2D eigenvalue weighted by Gasteiger charge is -2.26. The predicted octanol–water partition coefficient (Wildman–Crippen LogP) is 3.65. The predicted molar refractivity (Wildman–Crippen MR) is 116 cm³/mol. The standard InChI is InChI=1S/C21H25ClN2O5S/c1-15(2)14-29-20-7-6-17(13-19(20)22)23-21(25)16-4-3-5-18(12-16)30(26,27)24-8-10-28-11-9-24/h3-7,12-13,15H,8-11,14H2,1-2H3,(H,23,25). The minimum atomic E-state index is -3.68. The van der Waals surface area contributed by atoms with Gasteiger partial charge in [-0.3, -0.25) is 4.79 Å². The van der Waals surface area contributed by atoms with Crippen LogP contribution in [0.2, 0.25) is 5.02 Å². The summed E-state index contributed by atoms with van der Waals surface area (Å²) in [5, 5.41) is 3.13. The molecule has 1 heterocycles. The molecule has 3 rings (SSSR count). The number of benzene rings is 2. The molecule has 0 unspecified atom stereocenters. The Morgan fingerprint density at radius 2 is 1.93 bits per heavy atom. The molecule has 0 bridgehead atoms. The van der Waals surface area contributed by atoms with Gasteiger partial charge in [0.05, 0.1) is 29.7 Å². The van der Waals surface area contributed by atoms with Crippen molar-refractivity contribution in [2.45, 2.75) is 18.7 Å². The van der Waals surface area contributed by atoms with E-state index in [1.807, 2.05) is 13.8 Å². The molecule has 1 aliphatic heterocycles. The van der Waals surface area contributed by atoms with Crippen molar-refractivity contribution in [3.63, 3.8) is 0 Å². The number of carbonyl (C=O) groups is 1. The monoisotopic (exact) mass is 452 g/mol. The molecular weight excluding hydrogens is 428 g/mol. The lowest BCUT2D eigenvalue weighted by molar-refractivity contribution is 0.0730. The second-order valence-electron chi connectivity index (χ2n) is 7.35. The zero-order valence-electron chi connectivity index (χ0n) is 16.9. The Bertz CT molecular complexity index is 1000. The van der Waals surface area contributed by atoms with Gasteiger partial charge in [0.25, 0.3) is 5.91 Å². The van der Waals surface area contributed by atoms with E-state index in [1.165, 1.54) is 16.4 Å².